The number of hydrogen-bond donors (Lipinski definition) is 0. The molecule has 1 aromatic rings. The van der Waals surface area contributed by atoms with Crippen molar-refractivity contribution in [2.75, 3.05) is 6.54 Å². The van der Waals surface area contributed by atoms with E-state index in [2.05, 4.69) is 37.7 Å². The number of rotatable bonds is 2. The van der Waals surface area contributed by atoms with E-state index in [1.165, 1.54) is 22.3 Å². The predicted molar refractivity (Wildman–Crippen MR) is 55.8 cm³/mol. The standard InChI is InChI=1S/C12H15N/c1-9-7-10(2)12(5-6-13-4)11(3)8-9/h7-8H,5-6H2,1-3H3. The highest BCUT2D eigenvalue weighted by atomic mass is 14.6. The minimum Gasteiger partial charge on any atom is -0.317 e. The van der Waals surface area contributed by atoms with Crippen LogP contribution in [-0.4, -0.2) is 6.54 Å². The van der Waals surface area contributed by atoms with Gasteiger partial charge in [-0.2, -0.15) is 0 Å². The van der Waals surface area contributed by atoms with Gasteiger partial charge in [0.1, 0.15) is 0 Å². The van der Waals surface area contributed by atoms with E-state index in [4.69, 9.17) is 6.57 Å². The van der Waals surface area contributed by atoms with Gasteiger partial charge in [0, 0.05) is 6.42 Å². The average molecular weight is 173 g/mol. The second-order valence-electron chi connectivity index (χ2n) is 3.51. The summed E-state index contributed by atoms with van der Waals surface area (Å²) in [6.07, 6.45) is 0.890. The van der Waals surface area contributed by atoms with Crippen LogP contribution in [0.4, 0.5) is 0 Å². The Bertz CT molecular complexity index is 322. The Morgan fingerprint density at radius 2 is 1.69 bits per heavy atom. The van der Waals surface area contributed by atoms with Gasteiger partial charge < -0.3 is 4.85 Å². The SMILES string of the molecule is [C-]#[N+]CCc1c(C)cc(C)cc1C. The van der Waals surface area contributed by atoms with Gasteiger partial charge in [-0.1, -0.05) is 17.7 Å². The summed E-state index contributed by atoms with van der Waals surface area (Å²) < 4.78 is 0. The van der Waals surface area contributed by atoms with Crippen molar-refractivity contribution in [2.24, 2.45) is 0 Å². The Morgan fingerprint density at radius 3 is 2.15 bits per heavy atom. The molecule has 0 fully saturated rings. The molecule has 0 aliphatic heterocycles. The van der Waals surface area contributed by atoms with Crippen molar-refractivity contribution in [3.05, 3.63) is 45.8 Å². The van der Waals surface area contributed by atoms with Crippen LogP contribution in [0.5, 0.6) is 0 Å². The lowest BCUT2D eigenvalue weighted by Crippen LogP contribution is -1.96. The van der Waals surface area contributed by atoms with Gasteiger partial charge in [0.2, 0.25) is 6.54 Å². The van der Waals surface area contributed by atoms with Crippen LogP contribution in [0.2, 0.25) is 0 Å². The van der Waals surface area contributed by atoms with Crippen LogP contribution >= 0.6 is 0 Å². The third-order valence-corrected chi connectivity index (χ3v) is 2.31. The van der Waals surface area contributed by atoms with Crippen molar-refractivity contribution in [3.8, 4) is 0 Å². The van der Waals surface area contributed by atoms with E-state index < -0.39 is 0 Å². The monoisotopic (exact) mass is 173 g/mol. The van der Waals surface area contributed by atoms with E-state index in [0.717, 1.165) is 6.42 Å². The van der Waals surface area contributed by atoms with Crippen LogP contribution in [-0.2, 0) is 6.42 Å². The molecule has 0 N–H and O–H groups in total. The van der Waals surface area contributed by atoms with E-state index in [1.807, 2.05) is 0 Å². The van der Waals surface area contributed by atoms with Crippen LogP contribution in [0, 0.1) is 27.3 Å². The largest absolute Gasteiger partial charge is 0.317 e. The topological polar surface area (TPSA) is 4.36 Å². The van der Waals surface area contributed by atoms with Gasteiger partial charge in [-0.3, -0.25) is 0 Å². The van der Waals surface area contributed by atoms with Crippen LogP contribution in [0.1, 0.15) is 22.3 Å². The Hall–Kier alpha value is -1.29. The molecule has 0 radical (unpaired) electrons. The van der Waals surface area contributed by atoms with Crippen molar-refractivity contribution >= 4 is 0 Å². The molecule has 68 valence electrons. The number of hydrogen-bond acceptors (Lipinski definition) is 0. The molecule has 1 nitrogen and oxygen atoms in total. The molecule has 0 atom stereocenters. The summed E-state index contributed by atoms with van der Waals surface area (Å²) in [6.45, 7) is 13.7. The maximum absolute atomic E-state index is 6.76. The molecule has 0 bridgehead atoms. The molecular weight excluding hydrogens is 158 g/mol. The summed E-state index contributed by atoms with van der Waals surface area (Å²) in [7, 11) is 0. The van der Waals surface area contributed by atoms with Gasteiger partial charge in [-0.05, 0) is 37.5 Å². The molecule has 1 heteroatoms. The zero-order valence-electron chi connectivity index (χ0n) is 8.52. The number of aryl methyl sites for hydroxylation is 3. The summed E-state index contributed by atoms with van der Waals surface area (Å²) in [5.74, 6) is 0. The molecule has 0 saturated heterocycles. The van der Waals surface area contributed by atoms with Crippen molar-refractivity contribution in [3.63, 3.8) is 0 Å². The smallest absolute Gasteiger partial charge is 0.218 e. The summed E-state index contributed by atoms with van der Waals surface area (Å²) in [5, 5.41) is 0. The number of nitrogens with zero attached hydrogens (tertiary/aromatic N) is 1. The van der Waals surface area contributed by atoms with E-state index in [0.29, 0.717) is 6.54 Å². The molecule has 0 aromatic heterocycles. The van der Waals surface area contributed by atoms with Gasteiger partial charge in [0.25, 0.3) is 0 Å². The average Bonchev–Trinajstić information content (AvgIpc) is 2.02. The zero-order valence-corrected chi connectivity index (χ0v) is 8.52. The number of benzene rings is 1. The molecule has 1 aromatic carbocycles. The van der Waals surface area contributed by atoms with E-state index in [-0.39, 0.29) is 0 Å². The Morgan fingerprint density at radius 1 is 1.15 bits per heavy atom. The summed E-state index contributed by atoms with van der Waals surface area (Å²) in [5.41, 5.74) is 5.30. The summed E-state index contributed by atoms with van der Waals surface area (Å²) in [6, 6.07) is 4.37. The zero-order chi connectivity index (χ0) is 9.84. The first kappa shape index (κ1) is 9.80. The molecule has 0 amide bonds. The molecule has 1 rings (SSSR count). The predicted octanol–water partition coefficient (Wildman–Crippen LogP) is 3.07. The van der Waals surface area contributed by atoms with E-state index >= 15 is 0 Å². The highest BCUT2D eigenvalue weighted by Crippen LogP contribution is 2.16. The second kappa shape index (κ2) is 4.09. The fraction of sp³-hybridized carbons (Fsp3) is 0.417. The Labute approximate surface area is 80.2 Å². The minimum absolute atomic E-state index is 0.602. The molecule has 0 unspecified atom stereocenters. The van der Waals surface area contributed by atoms with E-state index in [9.17, 15) is 0 Å². The van der Waals surface area contributed by atoms with Gasteiger partial charge in [-0.25, -0.2) is 6.57 Å². The fourth-order valence-corrected chi connectivity index (χ4v) is 1.77. The van der Waals surface area contributed by atoms with Crippen LogP contribution in [0.15, 0.2) is 12.1 Å². The first-order valence-electron chi connectivity index (χ1n) is 4.55. The van der Waals surface area contributed by atoms with Crippen molar-refractivity contribution in [1.29, 1.82) is 0 Å². The lowest BCUT2D eigenvalue weighted by Gasteiger charge is -2.08. The lowest BCUT2D eigenvalue weighted by molar-refractivity contribution is 1.03. The lowest BCUT2D eigenvalue weighted by atomic mass is 9.97. The summed E-state index contributed by atoms with van der Waals surface area (Å²) in [4.78, 5) is 3.39. The molecule has 0 aliphatic carbocycles. The first-order chi connectivity index (χ1) is 6.15. The second-order valence-corrected chi connectivity index (χ2v) is 3.51. The van der Waals surface area contributed by atoms with Crippen LogP contribution in [0.3, 0.4) is 0 Å². The normalized spacial score (nSPS) is 9.69. The third-order valence-electron chi connectivity index (χ3n) is 2.31. The maximum Gasteiger partial charge on any atom is 0.218 e. The third kappa shape index (κ3) is 2.32. The Kier molecular flexibility index (Phi) is 3.08. The molecule has 0 saturated carbocycles. The van der Waals surface area contributed by atoms with E-state index in [1.54, 1.807) is 0 Å². The van der Waals surface area contributed by atoms with Gasteiger partial charge in [-0.15, -0.1) is 0 Å². The molecule has 0 aliphatic rings. The molecular formula is C12H15N. The quantitative estimate of drug-likeness (QED) is 0.605. The van der Waals surface area contributed by atoms with Crippen molar-refractivity contribution < 1.29 is 0 Å². The first-order valence-corrected chi connectivity index (χ1v) is 4.55. The highest BCUT2D eigenvalue weighted by Gasteiger charge is 2.04. The maximum atomic E-state index is 6.76. The fourth-order valence-electron chi connectivity index (χ4n) is 1.77. The summed E-state index contributed by atoms with van der Waals surface area (Å²) >= 11 is 0. The highest BCUT2D eigenvalue weighted by molar-refractivity contribution is 5.37. The minimum atomic E-state index is 0.602. The van der Waals surface area contributed by atoms with Gasteiger partial charge >= 0.3 is 0 Å². The molecule has 0 heterocycles. The van der Waals surface area contributed by atoms with Gasteiger partial charge in [0.15, 0.2) is 0 Å². The van der Waals surface area contributed by atoms with Gasteiger partial charge in [0.05, 0.1) is 0 Å². The van der Waals surface area contributed by atoms with Crippen LogP contribution < -0.4 is 0 Å². The van der Waals surface area contributed by atoms with Crippen molar-refractivity contribution in [2.45, 2.75) is 27.2 Å². The Balaban J connectivity index is 3.00. The van der Waals surface area contributed by atoms with Crippen LogP contribution in [0.25, 0.3) is 4.85 Å². The molecule has 0 spiro atoms. The van der Waals surface area contributed by atoms with Crippen molar-refractivity contribution in [1.82, 2.24) is 0 Å². The molecule has 13 heavy (non-hydrogen) atoms.